The van der Waals surface area contributed by atoms with Gasteiger partial charge < -0.3 is 15.5 Å². The topological polar surface area (TPSA) is 81.8 Å². The van der Waals surface area contributed by atoms with E-state index < -0.39 is 23.4 Å². The smallest absolute Gasteiger partial charge is 0.325 e. The normalized spacial score (nSPS) is 18.3. The van der Waals surface area contributed by atoms with Crippen LogP contribution >= 0.6 is 15.9 Å². The van der Waals surface area contributed by atoms with Gasteiger partial charge in [0.1, 0.15) is 12.1 Å². The molecular formula is C22H25BrN4O3. The molecule has 7 nitrogen and oxygen atoms in total. The molecule has 0 bridgehead atoms. The zero-order valence-corrected chi connectivity index (χ0v) is 18.8. The molecule has 0 spiro atoms. The fourth-order valence-corrected chi connectivity index (χ4v) is 4.26. The molecule has 1 aliphatic heterocycles. The highest BCUT2D eigenvalue weighted by Gasteiger charge is 2.50. The Morgan fingerprint density at radius 2 is 1.73 bits per heavy atom. The summed E-state index contributed by atoms with van der Waals surface area (Å²) >= 11 is 3.43. The van der Waals surface area contributed by atoms with Crippen LogP contribution in [-0.2, 0) is 15.1 Å². The van der Waals surface area contributed by atoms with Gasteiger partial charge in [0.2, 0.25) is 5.91 Å². The standard InChI is InChI=1S/C22H25BrN4O3/c1-4-26(5-2)16-12-10-15(11-13-16)24-19(28)14-27-20(29)22(3,25-21(27)30)17-8-6-7-9-18(17)23/h6-13H,4-5,14H2,1-3H3,(H,24,28)(H,25,30). The molecule has 3 rings (SSSR count). The van der Waals surface area contributed by atoms with Gasteiger partial charge in [-0.05, 0) is 51.1 Å². The van der Waals surface area contributed by atoms with E-state index >= 15 is 0 Å². The molecule has 0 aliphatic carbocycles. The summed E-state index contributed by atoms with van der Waals surface area (Å²) in [5.41, 5.74) is 1.08. The summed E-state index contributed by atoms with van der Waals surface area (Å²) in [7, 11) is 0. The third-order valence-corrected chi connectivity index (χ3v) is 5.96. The number of halogens is 1. The summed E-state index contributed by atoms with van der Waals surface area (Å²) in [4.78, 5) is 41.1. The third kappa shape index (κ3) is 4.18. The molecule has 8 heteroatoms. The Balaban J connectivity index is 1.69. The minimum Gasteiger partial charge on any atom is -0.372 e. The van der Waals surface area contributed by atoms with E-state index in [2.05, 4.69) is 45.3 Å². The number of nitrogens with one attached hydrogen (secondary N) is 2. The highest BCUT2D eigenvalue weighted by molar-refractivity contribution is 9.10. The maximum absolute atomic E-state index is 13.0. The SMILES string of the molecule is CCN(CC)c1ccc(NC(=O)CN2C(=O)NC(C)(c3ccccc3Br)C2=O)cc1. The lowest BCUT2D eigenvalue weighted by Gasteiger charge is -2.23. The quantitative estimate of drug-likeness (QED) is 0.601. The van der Waals surface area contributed by atoms with Gasteiger partial charge in [0.25, 0.3) is 5.91 Å². The molecule has 1 unspecified atom stereocenters. The maximum atomic E-state index is 13.0. The summed E-state index contributed by atoms with van der Waals surface area (Å²) in [5, 5.41) is 5.46. The maximum Gasteiger partial charge on any atom is 0.325 e. The minimum absolute atomic E-state index is 0.359. The molecule has 1 atom stereocenters. The van der Waals surface area contributed by atoms with Gasteiger partial charge in [-0.15, -0.1) is 0 Å². The predicted molar refractivity (Wildman–Crippen MR) is 120 cm³/mol. The van der Waals surface area contributed by atoms with E-state index in [4.69, 9.17) is 0 Å². The van der Waals surface area contributed by atoms with E-state index in [9.17, 15) is 14.4 Å². The summed E-state index contributed by atoms with van der Waals surface area (Å²) in [6.07, 6.45) is 0. The van der Waals surface area contributed by atoms with Crippen LogP contribution in [0.25, 0.3) is 0 Å². The van der Waals surface area contributed by atoms with Crippen molar-refractivity contribution < 1.29 is 14.4 Å². The molecular weight excluding hydrogens is 448 g/mol. The number of nitrogens with zero attached hydrogens (tertiary/aromatic N) is 2. The van der Waals surface area contributed by atoms with Crippen molar-refractivity contribution in [1.82, 2.24) is 10.2 Å². The van der Waals surface area contributed by atoms with Gasteiger partial charge >= 0.3 is 6.03 Å². The molecule has 2 aromatic rings. The number of carbonyl (C=O) groups excluding carboxylic acids is 3. The van der Waals surface area contributed by atoms with E-state index in [-0.39, 0.29) is 6.54 Å². The number of rotatable bonds is 7. The van der Waals surface area contributed by atoms with Crippen LogP contribution in [0.5, 0.6) is 0 Å². The molecule has 2 aromatic carbocycles. The van der Waals surface area contributed by atoms with E-state index in [1.165, 1.54) is 0 Å². The molecule has 1 heterocycles. The van der Waals surface area contributed by atoms with Crippen molar-refractivity contribution in [3.63, 3.8) is 0 Å². The fourth-order valence-electron chi connectivity index (χ4n) is 3.58. The van der Waals surface area contributed by atoms with Crippen molar-refractivity contribution in [2.24, 2.45) is 0 Å². The van der Waals surface area contributed by atoms with Crippen LogP contribution in [-0.4, -0.2) is 42.4 Å². The Bertz CT molecular complexity index is 959. The molecule has 1 saturated heterocycles. The highest BCUT2D eigenvalue weighted by Crippen LogP contribution is 2.33. The Morgan fingerprint density at radius 3 is 2.33 bits per heavy atom. The van der Waals surface area contributed by atoms with E-state index in [1.54, 1.807) is 25.1 Å². The Kier molecular flexibility index (Phi) is 6.45. The number of hydrogen-bond donors (Lipinski definition) is 2. The summed E-state index contributed by atoms with van der Waals surface area (Å²) in [6, 6.07) is 14.1. The first-order valence-corrected chi connectivity index (χ1v) is 10.6. The minimum atomic E-state index is -1.23. The van der Waals surface area contributed by atoms with Gasteiger partial charge in [-0.25, -0.2) is 4.79 Å². The van der Waals surface area contributed by atoms with Crippen molar-refractivity contribution in [2.75, 3.05) is 29.9 Å². The molecule has 0 aromatic heterocycles. The highest BCUT2D eigenvalue weighted by atomic mass is 79.9. The van der Waals surface area contributed by atoms with Crippen molar-refractivity contribution in [3.8, 4) is 0 Å². The van der Waals surface area contributed by atoms with Crippen LogP contribution in [0.4, 0.5) is 16.2 Å². The largest absolute Gasteiger partial charge is 0.372 e. The summed E-state index contributed by atoms with van der Waals surface area (Å²) in [5.74, 6) is -0.906. The Hall–Kier alpha value is -2.87. The molecule has 2 N–H and O–H groups in total. The molecule has 1 fully saturated rings. The number of hydrogen-bond acceptors (Lipinski definition) is 4. The zero-order chi connectivity index (χ0) is 21.9. The number of imide groups is 1. The number of anilines is 2. The van der Waals surface area contributed by atoms with Crippen LogP contribution in [0.2, 0.25) is 0 Å². The fraction of sp³-hybridized carbons (Fsp3) is 0.318. The van der Waals surface area contributed by atoms with Gasteiger partial charge in [0, 0.05) is 34.5 Å². The predicted octanol–water partition coefficient (Wildman–Crippen LogP) is 3.70. The first kappa shape index (κ1) is 21.8. The summed E-state index contributed by atoms with van der Waals surface area (Å²) < 4.78 is 0.709. The zero-order valence-electron chi connectivity index (χ0n) is 17.2. The van der Waals surface area contributed by atoms with Crippen LogP contribution in [0.1, 0.15) is 26.3 Å². The lowest BCUT2D eigenvalue weighted by molar-refractivity contribution is -0.133. The first-order chi connectivity index (χ1) is 14.3. The van der Waals surface area contributed by atoms with Crippen molar-refractivity contribution in [2.45, 2.75) is 26.3 Å². The molecule has 1 aliphatic rings. The van der Waals surface area contributed by atoms with E-state index in [0.29, 0.717) is 15.7 Å². The molecule has 0 saturated carbocycles. The van der Waals surface area contributed by atoms with E-state index in [0.717, 1.165) is 23.7 Å². The van der Waals surface area contributed by atoms with Crippen LogP contribution in [0.15, 0.2) is 53.0 Å². The number of amides is 4. The molecule has 158 valence electrons. The molecule has 4 amide bonds. The lowest BCUT2D eigenvalue weighted by Crippen LogP contribution is -2.42. The second kappa shape index (κ2) is 8.87. The average Bonchev–Trinajstić information content (AvgIpc) is 2.94. The van der Waals surface area contributed by atoms with Gasteiger partial charge in [-0.1, -0.05) is 34.1 Å². The van der Waals surface area contributed by atoms with Gasteiger partial charge in [0.15, 0.2) is 0 Å². The van der Waals surface area contributed by atoms with Crippen molar-refractivity contribution in [1.29, 1.82) is 0 Å². The Morgan fingerprint density at radius 1 is 1.10 bits per heavy atom. The Labute approximate surface area is 184 Å². The third-order valence-electron chi connectivity index (χ3n) is 5.27. The second-order valence-corrected chi connectivity index (χ2v) is 8.05. The monoisotopic (exact) mass is 472 g/mol. The lowest BCUT2D eigenvalue weighted by atomic mass is 9.92. The number of benzene rings is 2. The molecule has 30 heavy (non-hydrogen) atoms. The van der Waals surface area contributed by atoms with Crippen LogP contribution < -0.4 is 15.5 Å². The second-order valence-electron chi connectivity index (χ2n) is 7.19. The molecule has 0 radical (unpaired) electrons. The first-order valence-electron chi connectivity index (χ1n) is 9.84. The summed E-state index contributed by atoms with van der Waals surface area (Å²) in [6.45, 7) is 7.23. The van der Waals surface area contributed by atoms with Gasteiger partial charge in [-0.3, -0.25) is 14.5 Å². The number of carbonyl (C=O) groups is 3. The van der Waals surface area contributed by atoms with Crippen molar-refractivity contribution in [3.05, 3.63) is 58.6 Å². The van der Waals surface area contributed by atoms with Crippen molar-refractivity contribution >= 4 is 45.2 Å². The number of urea groups is 1. The van der Waals surface area contributed by atoms with Crippen LogP contribution in [0, 0.1) is 0 Å². The van der Waals surface area contributed by atoms with Gasteiger partial charge in [0.05, 0.1) is 0 Å². The van der Waals surface area contributed by atoms with E-state index in [1.807, 2.05) is 30.3 Å². The van der Waals surface area contributed by atoms with Crippen LogP contribution in [0.3, 0.4) is 0 Å². The average molecular weight is 473 g/mol. The van der Waals surface area contributed by atoms with Gasteiger partial charge in [-0.2, -0.15) is 0 Å².